The molecular weight excluding hydrogens is 222 g/mol. The van der Waals surface area contributed by atoms with Crippen molar-refractivity contribution in [3.8, 4) is 11.1 Å². The van der Waals surface area contributed by atoms with E-state index in [1.807, 2.05) is 30.3 Å². The Bertz CT molecular complexity index is 513. The summed E-state index contributed by atoms with van der Waals surface area (Å²) >= 11 is 0. The maximum absolute atomic E-state index is 12.5. The SMILES string of the molecule is [O-][N+]1(c2ccc(-c3ccccc3)cc2)CCCC1. The van der Waals surface area contributed by atoms with Crippen molar-refractivity contribution >= 4 is 5.69 Å². The molecule has 0 saturated carbocycles. The first-order valence-electron chi connectivity index (χ1n) is 6.52. The van der Waals surface area contributed by atoms with E-state index >= 15 is 0 Å². The molecule has 1 aliphatic rings. The zero-order valence-corrected chi connectivity index (χ0v) is 10.4. The summed E-state index contributed by atoms with van der Waals surface area (Å²) in [6.45, 7) is 1.45. The second-order valence-corrected chi connectivity index (χ2v) is 4.96. The second-order valence-electron chi connectivity index (χ2n) is 4.96. The van der Waals surface area contributed by atoms with Crippen molar-refractivity contribution in [2.75, 3.05) is 13.1 Å². The monoisotopic (exact) mass is 239 g/mol. The minimum atomic E-state index is -0.144. The van der Waals surface area contributed by atoms with Crippen LogP contribution in [-0.4, -0.2) is 13.1 Å². The molecular formula is C16H17NO. The Labute approximate surface area is 108 Å². The van der Waals surface area contributed by atoms with Gasteiger partial charge in [0.05, 0.1) is 13.1 Å². The molecule has 2 aromatic carbocycles. The van der Waals surface area contributed by atoms with Crippen LogP contribution in [0.3, 0.4) is 0 Å². The molecule has 0 N–H and O–H groups in total. The number of hydrogen-bond donors (Lipinski definition) is 0. The standard InChI is InChI=1S/C16H17NO/c18-17(12-4-5-13-17)16-10-8-15(9-11-16)14-6-2-1-3-7-14/h1-3,6-11H,4-5,12-13H2. The Morgan fingerprint density at radius 1 is 0.722 bits per heavy atom. The Hall–Kier alpha value is -1.64. The maximum Gasteiger partial charge on any atom is 0.132 e. The number of quaternary nitrogens is 1. The molecule has 0 spiro atoms. The molecule has 0 radical (unpaired) electrons. The predicted molar refractivity (Wildman–Crippen MR) is 76.0 cm³/mol. The third kappa shape index (κ3) is 2.05. The third-order valence-electron chi connectivity index (χ3n) is 3.73. The molecule has 3 rings (SSSR count). The molecule has 1 saturated heterocycles. The van der Waals surface area contributed by atoms with Gasteiger partial charge in [-0.1, -0.05) is 30.3 Å². The van der Waals surface area contributed by atoms with Gasteiger partial charge in [-0.25, -0.2) is 0 Å². The smallest absolute Gasteiger partial charge is 0.132 e. The van der Waals surface area contributed by atoms with Gasteiger partial charge in [-0.15, -0.1) is 0 Å². The van der Waals surface area contributed by atoms with Gasteiger partial charge < -0.3 is 9.85 Å². The van der Waals surface area contributed by atoms with Gasteiger partial charge in [0.25, 0.3) is 0 Å². The highest BCUT2D eigenvalue weighted by Gasteiger charge is 2.25. The largest absolute Gasteiger partial charge is 0.627 e. The van der Waals surface area contributed by atoms with E-state index in [2.05, 4.69) is 24.3 Å². The predicted octanol–water partition coefficient (Wildman–Crippen LogP) is 3.95. The minimum absolute atomic E-state index is 0.144. The van der Waals surface area contributed by atoms with E-state index in [1.165, 1.54) is 11.1 Å². The number of hydroxylamine groups is 2. The fraction of sp³-hybridized carbons (Fsp3) is 0.250. The van der Waals surface area contributed by atoms with Crippen LogP contribution in [0.25, 0.3) is 11.1 Å². The molecule has 92 valence electrons. The molecule has 18 heavy (non-hydrogen) atoms. The van der Waals surface area contributed by atoms with Crippen LogP contribution in [0.1, 0.15) is 12.8 Å². The van der Waals surface area contributed by atoms with Crippen molar-refractivity contribution in [2.24, 2.45) is 0 Å². The highest BCUT2D eigenvalue weighted by Crippen LogP contribution is 2.30. The summed E-state index contributed by atoms with van der Waals surface area (Å²) in [7, 11) is 0. The zero-order valence-electron chi connectivity index (χ0n) is 10.4. The van der Waals surface area contributed by atoms with Gasteiger partial charge >= 0.3 is 0 Å². The summed E-state index contributed by atoms with van der Waals surface area (Å²) in [5.41, 5.74) is 3.26. The molecule has 1 fully saturated rings. The van der Waals surface area contributed by atoms with Crippen LogP contribution in [0.4, 0.5) is 5.69 Å². The summed E-state index contributed by atoms with van der Waals surface area (Å²) in [4.78, 5) is 0. The Kier molecular flexibility index (Phi) is 2.90. The molecule has 0 bridgehead atoms. The topological polar surface area (TPSA) is 23.1 Å². The van der Waals surface area contributed by atoms with Crippen molar-refractivity contribution < 1.29 is 0 Å². The molecule has 1 heterocycles. The van der Waals surface area contributed by atoms with E-state index < -0.39 is 0 Å². The van der Waals surface area contributed by atoms with Gasteiger partial charge in [-0.2, -0.15) is 0 Å². The Balaban J connectivity index is 1.90. The van der Waals surface area contributed by atoms with Crippen LogP contribution in [-0.2, 0) is 0 Å². The highest BCUT2D eigenvalue weighted by atomic mass is 16.5. The molecule has 1 aliphatic heterocycles. The molecule has 0 aromatic heterocycles. The number of hydrogen-bond acceptors (Lipinski definition) is 1. The summed E-state index contributed by atoms with van der Waals surface area (Å²) in [6.07, 6.45) is 2.09. The highest BCUT2D eigenvalue weighted by molar-refractivity contribution is 5.65. The Morgan fingerprint density at radius 3 is 1.89 bits per heavy atom. The lowest BCUT2D eigenvalue weighted by molar-refractivity contribution is 0.455. The van der Waals surface area contributed by atoms with E-state index in [1.54, 1.807) is 0 Å². The first kappa shape index (κ1) is 11.5. The van der Waals surface area contributed by atoms with Gasteiger partial charge in [0.1, 0.15) is 5.69 Å². The van der Waals surface area contributed by atoms with E-state index in [0.29, 0.717) is 0 Å². The third-order valence-corrected chi connectivity index (χ3v) is 3.73. The van der Waals surface area contributed by atoms with Crippen molar-refractivity contribution in [3.63, 3.8) is 0 Å². The summed E-state index contributed by atoms with van der Waals surface area (Å²) in [5.74, 6) is 0. The molecule has 2 aromatic rings. The quantitative estimate of drug-likeness (QED) is 0.574. The molecule has 2 heteroatoms. The van der Waals surface area contributed by atoms with Crippen molar-refractivity contribution in [1.82, 2.24) is 4.65 Å². The van der Waals surface area contributed by atoms with Gasteiger partial charge in [0.2, 0.25) is 0 Å². The van der Waals surface area contributed by atoms with Crippen LogP contribution < -0.4 is 4.65 Å². The van der Waals surface area contributed by atoms with Gasteiger partial charge in [0.15, 0.2) is 0 Å². The number of nitrogens with zero attached hydrogens (tertiary/aromatic N) is 1. The second kappa shape index (κ2) is 4.56. The van der Waals surface area contributed by atoms with Crippen molar-refractivity contribution in [3.05, 3.63) is 59.8 Å². The zero-order chi connectivity index (χ0) is 12.4. The molecule has 0 aliphatic carbocycles. The van der Waals surface area contributed by atoms with E-state index in [-0.39, 0.29) is 4.65 Å². The first-order valence-corrected chi connectivity index (χ1v) is 6.52. The fourth-order valence-corrected chi connectivity index (χ4v) is 2.66. The molecule has 2 nitrogen and oxygen atoms in total. The number of benzene rings is 2. The molecule has 0 amide bonds. The van der Waals surface area contributed by atoms with Crippen molar-refractivity contribution in [1.29, 1.82) is 0 Å². The average Bonchev–Trinajstić information content (AvgIpc) is 2.88. The lowest BCUT2D eigenvalue weighted by Gasteiger charge is -2.37. The average molecular weight is 239 g/mol. The van der Waals surface area contributed by atoms with E-state index in [4.69, 9.17) is 0 Å². The van der Waals surface area contributed by atoms with Crippen LogP contribution in [0.15, 0.2) is 54.6 Å². The lowest BCUT2D eigenvalue weighted by atomic mass is 10.1. The lowest BCUT2D eigenvalue weighted by Crippen LogP contribution is -2.39. The van der Waals surface area contributed by atoms with E-state index in [9.17, 15) is 5.21 Å². The van der Waals surface area contributed by atoms with Gasteiger partial charge in [0, 0.05) is 25.0 Å². The minimum Gasteiger partial charge on any atom is -0.627 e. The summed E-state index contributed by atoms with van der Waals surface area (Å²) in [5, 5.41) is 12.5. The molecule has 0 atom stereocenters. The maximum atomic E-state index is 12.5. The van der Waals surface area contributed by atoms with Crippen LogP contribution in [0.5, 0.6) is 0 Å². The Morgan fingerprint density at radius 2 is 1.28 bits per heavy atom. The summed E-state index contributed by atoms with van der Waals surface area (Å²) in [6, 6.07) is 18.3. The molecule has 0 unspecified atom stereocenters. The van der Waals surface area contributed by atoms with E-state index in [0.717, 1.165) is 31.6 Å². The van der Waals surface area contributed by atoms with Gasteiger partial charge in [-0.05, 0) is 23.3 Å². The number of rotatable bonds is 2. The normalized spacial score (nSPS) is 17.8. The van der Waals surface area contributed by atoms with Crippen LogP contribution in [0, 0.1) is 5.21 Å². The first-order chi connectivity index (χ1) is 8.78. The van der Waals surface area contributed by atoms with Crippen LogP contribution in [0.2, 0.25) is 0 Å². The van der Waals surface area contributed by atoms with Crippen LogP contribution >= 0.6 is 0 Å². The van der Waals surface area contributed by atoms with Crippen molar-refractivity contribution in [2.45, 2.75) is 12.8 Å². The van der Waals surface area contributed by atoms with Gasteiger partial charge in [-0.3, -0.25) is 0 Å². The summed E-state index contributed by atoms with van der Waals surface area (Å²) < 4.78 is -0.144. The fourth-order valence-electron chi connectivity index (χ4n) is 2.66.